The summed E-state index contributed by atoms with van der Waals surface area (Å²) in [4.78, 5) is 0. The van der Waals surface area contributed by atoms with Gasteiger partial charge in [-0.3, -0.25) is 0 Å². The summed E-state index contributed by atoms with van der Waals surface area (Å²) in [7, 11) is 3.28. The van der Waals surface area contributed by atoms with Crippen LogP contribution < -0.4 is 9.47 Å². The number of rotatable bonds is 5. The maximum Gasteiger partial charge on any atom is 0.118 e. The van der Waals surface area contributed by atoms with Crippen LogP contribution in [-0.4, -0.2) is 14.2 Å². The number of nitrogens with zero attached hydrogens (tertiary/aromatic N) is 1. The Labute approximate surface area is 153 Å². The molecule has 0 saturated carbocycles. The fraction of sp³-hybridized carbons (Fsp3) is 0.0870. The van der Waals surface area contributed by atoms with Gasteiger partial charge in [-0.05, 0) is 41.0 Å². The Hall–Kier alpha value is -3.51. The van der Waals surface area contributed by atoms with Crippen molar-refractivity contribution in [1.82, 2.24) is 0 Å². The van der Waals surface area contributed by atoms with Gasteiger partial charge in [0.2, 0.25) is 0 Å². The minimum atomic E-state index is 0.626. The highest BCUT2D eigenvalue weighted by atomic mass is 16.5. The second kappa shape index (κ2) is 8.04. The maximum absolute atomic E-state index is 9.92. The molecule has 0 N–H and O–H groups in total. The number of hydrogen-bond donors (Lipinski definition) is 0. The SMILES string of the molecule is COc1ccc(C(=C(C#N)c2ccccc2)c2ccc(OC)cc2)cc1. The molecule has 0 aliphatic rings. The van der Waals surface area contributed by atoms with Gasteiger partial charge in [-0.25, -0.2) is 0 Å². The molecule has 3 heteroatoms. The van der Waals surface area contributed by atoms with Gasteiger partial charge < -0.3 is 9.47 Å². The van der Waals surface area contributed by atoms with Crippen molar-refractivity contribution in [1.29, 1.82) is 5.26 Å². The summed E-state index contributed by atoms with van der Waals surface area (Å²) >= 11 is 0. The number of methoxy groups -OCH3 is 2. The van der Waals surface area contributed by atoms with Crippen molar-refractivity contribution in [2.45, 2.75) is 0 Å². The molecule has 3 aromatic carbocycles. The molecule has 0 spiro atoms. The molecule has 3 aromatic rings. The zero-order valence-corrected chi connectivity index (χ0v) is 14.8. The topological polar surface area (TPSA) is 42.2 Å². The summed E-state index contributed by atoms with van der Waals surface area (Å²) in [6.45, 7) is 0. The van der Waals surface area contributed by atoms with E-state index in [0.29, 0.717) is 5.57 Å². The van der Waals surface area contributed by atoms with Gasteiger partial charge in [0, 0.05) is 5.57 Å². The summed E-state index contributed by atoms with van der Waals surface area (Å²) in [6, 6.07) is 27.6. The predicted molar refractivity (Wildman–Crippen MR) is 104 cm³/mol. The highest BCUT2D eigenvalue weighted by Gasteiger charge is 2.14. The van der Waals surface area contributed by atoms with Gasteiger partial charge in [0.15, 0.2) is 0 Å². The Morgan fingerprint density at radius 1 is 0.654 bits per heavy atom. The molecule has 0 aliphatic carbocycles. The van der Waals surface area contributed by atoms with E-state index in [1.54, 1.807) is 14.2 Å². The Morgan fingerprint density at radius 2 is 1.12 bits per heavy atom. The lowest BCUT2D eigenvalue weighted by atomic mass is 9.90. The second-order valence-corrected chi connectivity index (χ2v) is 5.68. The summed E-state index contributed by atoms with van der Waals surface area (Å²) < 4.78 is 10.5. The van der Waals surface area contributed by atoms with E-state index >= 15 is 0 Å². The minimum Gasteiger partial charge on any atom is -0.497 e. The highest BCUT2D eigenvalue weighted by molar-refractivity contribution is 6.03. The number of hydrogen-bond acceptors (Lipinski definition) is 3. The first kappa shape index (κ1) is 17.3. The molecule has 26 heavy (non-hydrogen) atoms. The zero-order valence-electron chi connectivity index (χ0n) is 14.8. The molecule has 3 nitrogen and oxygen atoms in total. The minimum absolute atomic E-state index is 0.626. The van der Waals surface area contributed by atoms with E-state index in [1.165, 1.54) is 0 Å². The molecule has 0 radical (unpaired) electrons. The second-order valence-electron chi connectivity index (χ2n) is 5.68. The van der Waals surface area contributed by atoms with Crippen molar-refractivity contribution in [3.05, 3.63) is 95.6 Å². The predicted octanol–water partition coefficient (Wildman–Crippen LogP) is 5.19. The average Bonchev–Trinajstić information content (AvgIpc) is 2.73. The molecule has 0 saturated heterocycles. The van der Waals surface area contributed by atoms with Gasteiger partial charge in [-0.2, -0.15) is 5.26 Å². The van der Waals surface area contributed by atoms with Crippen LogP contribution >= 0.6 is 0 Å². The first-order chi connectivity index (χ1) is 12.8. The van der Waals surface area contributed by atoms with Crippen molar-refractivity contribution >= 4 is 11.1 Å². The van der Waals surface area contributed by atoms with Crippen LogP contribution in [0.25, 0.3) is 11.1 Å². The van der Waals surface area contributed by atoms with Crippen LogP contribution in [0, 0.1) is 11.3 Å². The van der Waals surface area contributed by atoms with Crippen molar-refractivity contribution in [2.24, 2.45) is 0 Å². The molecule has 0 heterocycles. The third kappa shape index (κ3) is 3.60. The summed E-state index contributed by atoms with van der Waals surface area (Å²) in [5, 5.41) is 9.92. The van der Waals surface area contributed by atoms with E-state index < -0.39 is 0 Å². The van der Waals surface area contributed by atoms with Gasteiger partial charge >= 0.3 is 0 Å². The van der Waals surface area contributed by atoms with E-state index in [1.807, 2.05) is 78.9 Å². The smallest absolute Gasteiger partial charge is 0.118 e. The van der Waals surface area contributed by atoms with Crippen LogP contribution in [0.2, 0.25) is 0 Å². The largest absolute Gasteiger partial charge is 0.497 e. The van der Waals surface area contributed by atoms with Gasteiger partial charge in [0.25, 0.3) is 0 Å². The normalized spacial score (nSPS) is 9.88. The third-order valence-corrected chi connectivity index (χ3v) is 4.18. The van der Waals surface area contributed by atoms with E-state index in [-0.39, 0.29) is 0 Å². The van der Waals surface area contributed by atoms with E-state index in [2.05, 4.69) is 6.07 Å². The molecular weight excluding hydrogens is 322 g/mol. The van der Waals surface area contributed by atoms with Crippen molar-refractivity contribution < 1.29 is 9.47 Å². The Balaban J connectivity index is 2.23. The van der Waals surface area contributed by atoms with Crippen LogP contribution in [0.4, 0.5) is 0 Å². The van der Waals surface area contributed by atoms with Crippen molar-refractivity contribution in [2.75, 3.05) is 14.2 Å². The number of benzene rings is 3. The standard InChI is InChI=1S/C23H19NO2/c1-25-20-12-8-18(9-13-20)23(19-10-14-21(26-2)15-11-19)22(16-24)17-6-4-3-5-7-17/h3-15H,1-2H3. The summed E-state index contributed by atoms with van der Waals surface area (Å²) in [5.41, 5.74) is 4.30. The van der Waals surface area contributed by atoms with Crippen molar-refractivity contribution in [3.8, 4) is 17.6 Å². The third-order valence-electron chi connectivity index (χ3n) is 4.18. The number of nitriles is 1. The molecule has 0 unspecified atom stereocenters. The van der Waals surface area contributed by atoms with Crippen LogP contribution in [-0.2, 0) is 0 Å². The number of ether oxygens (including phenoxy) is 2. The van der Waals surface area contributed by atoms with Crippen LogP contribution in [0.15, 0.2) is 78.9 Å². The fourth-order valence-corrected chi connectivity index (χ4v) is 2.84. The Morgan fingerprint density at radius 3 is 1.50 bits per heavy atom. The Bertz CT molecular complexity index is 885. The lowest BCUT2D eigenvalue weighted by Gasteiger charge is -2.13. The molecule has 3 rings (SSSR count). The monoisotopic (exact) mass is 341 g/mol. The van der Waals surface area contributed by atoms with Crippen molar-refractivity contribution in [3.63, 3.8) is 0 Å². The van der Waals surface area contributed by atoms with E-state index in [4.69, 9.17) is 9.47 Å². The molecule has 0 aliphatic heterocycles. The van der Waals surface area contributed by atoms with Gasteiger partial charge in [-0.15, -0.1) is 0 Å². The lowest BCUT2D eigenvalue weighted by molar-refractivity contribution is 0.414. The maximum atomic E-state index is 9.92. The fourth-order valence-electron chi connectivity index (χ4n) is 2.84. The first-order valence-electron chi connectivity index (χ1n) is 8.25. The van der Waals surface area contributed by atoms with Gasteiger partial charge in [-0.1, -0.05) is 54.6 Å². The molecule has 128 valence electrons. The highest BCUT2D eigenvalue weighted by Crippen LogP contribution is 2.33. The Kier molecular flexibility index (Phi) is 5.36. The molecule has 0 fully saturated rings. The van der Waals surface area contributed by atoms with Gasteiger partial charge in [0.1, 0.15) is 17.6 Å². The molecule has 0 aromatic heterocycles. The number of allylic oxidation sites excluding steroid dienone is 1. The first-order valence-corrected chi connectivity index (χ1v) is 8.25. The van der Waals surface area contributed by atoms with Gasteiger partial charge in [0.05, 0.1) is 19.8 Å². The molecule has 0 amide bonds. The van der Waals surface area contributed by atoms with Crippen LogP contribution in [0.5, 0.6) is 11.5 Å². The molecular formula is C23H19NO2. The molecule has 0 bridgehead atoms. The van der Waals surface area contributed by atoms with E-state index in [9.17, 15) is 5.26 Å². The van der Waals surface area contributed by atoms with E-state index in [0.717, 1.165) is 33.8 Å². The van der Waals surface area contributed by atoms with Crippen LogP contribution in [0.3, 0.4) is 0 Å². The zero-order chi connectivity index (χ0) is 18.4. The summed E-state index contributed by atoms with van der Waals surface area (Å²) in [5.74, 6) is 1.56. The average molecular weight is 341 g/mol. The molecule has 0 atom stereocenters. The van der Waals surface area contributed by atoms with Crippen LogP contribution in [0.1, 0.15) is 16.7 Å². The lowest BCUT2D eigenvalue weighted by Crippen LogP contribution is -1.95. The quantitative estimate of drug-likeness (QED) is 0.474. The summed E-state index contributed by atoms with van der Waals surface area (Å²) in [6.07, 6.45) is 0.